The molecule has 0 amide bonds. The van der Waals surface area contributed by atoms with Crippen molar-refractivity contribution in [2.75, 3.05) is 0 Å². The number of nitrogens with zero attached hydrogens (tertiary/aromatic N) is 2. The van der Waals surface area contributed by atoms with Gasteiger partial charge in [0.15, 0.2) is 6.29 Å². The van der Waals surface area contributed by atoms with Crippen LogP contribution in [0.15, 0.2) is 40.6 Å². The Morgan fingerprint density at radius 2 is 1.95 bits per heavy atom. The van der Waals surface area contributed by atoms with E-state index >= 15 is 0 Å². The molecule has 20 heavy (non-hydrogen) atoms. The van der Waals surface area contributed by atoms with Crippen LogP contribution >= 0.6 is 11.8 Å². The number of aryl methyl sites for hydroxylation is 1. The summed E-state index contributed by atoms with van der Waals surface area (Å²) in [6, 6.07) is 3.93. The van der Waals surface area contributed by atoms with Gasteiger partial charge < -0.3 is 0 Å². The Kier molecular flexibility index (Phi) is 4.08. The highest BCUT2D eigenvalue weighted by Gasteiger charge is 2.30. The molecule has 7 heteroatoms. The maximum absolute atomic E-state index is 12.4. The molecule has 2 heterocycles. The molecule has 0 N–H and O–H groups in total. The molecule has 0 aliphatic heterocycles. The summed E-state index contributed by atoms with van der Waals surface area (Å²) in [5.74, 6) is 0. The van der Waals surface area contributed by atoms with Gasteiger partial charge in [-0.3, -0.25) is 4.79 Å². The molecule has 0 atom stereocenters. The van der Waals surface area contributed by atoms with Crippen molar-refractivity contribution in [3.8, 4) is 0 Å². The van der Waals surface area contributed by atoms with E-state index < -0.39 is 11.7 Å². The summed E-state index contributed by atoms with van der Waals surface area (Å²) in [5, 5.41) is 1.01. The zero-order chi connectivity index (χ0) is 14.8. The fourth-order valence-corrected chi connectivity index (χ4v) is 2.23. The maximum atomic E-state index is 12.4. The Bertz CT molecular complexity index is 627. The molecule has 0 spiro atoms. The van der Waals surface area contributed by atoms with Crippen LogP contribution in [0.3, 0.4) is 0 Å². The molecular formula is C13H9F3N2OS. The molecule has 0 aromatic carbocycles. The molecule has 3 nitrogen and oxygen atoms in total. The topological polar surface area (TPSA) is 42.9 Å². The average Bonchev–Trinajstić information content (AvgIpc) is 2.40. The first-order valence-corrected chi connectivity index (χ1v) is 6.35. The van der Waals surface area contributed by atoms with E-state index in [2.05, 4.69) is 9.97 Å². The molecular weight excluding hydrogens is 289 g/mol. The number of aromatic nitrogens is 2. The third-order valence-electron chi connectivity index (χ3n) is 2.45. The first-order chi connectivity index (χ1) is 9.40. The minimum Gasteiger partial charge on any atom is -0.298 e. The van der Waals surface area contributed by atoms with Crippen LogP contribution in [0.1, 0.15) is 21.5 Å². The number of halogens is 3. The highest BCUT2D eigenvalue weighted by Crippen LogP contribution is 2.31. The summed E-state index contributed by atoms with van der Waals surface area (Å²) in [6.07, 6.45) is -1.51. The van der Waals surface area contributed by atoms with Gasteiger partial charge in [0.05, 0.1) is 5.56 Å². The van der Waals surface area contributed by atoms with Crippen molar-refractivity contribution in [3.63, 3.8) is 0 Å². The van der Waals surface area contributed by atoms with Crippen LogP contribution in [0, 0.1) is 6.92 Å². The molecule has 2 aromatic rings. The number of carbonyl (C=O) groups excluding carboxylic acids is 1. The van der Waals surface area contributed by atoms with E-state index in [9.17, 15) is 18.0 Å². The van der Waals surface area contributed by atoms with E-state index in [0.717, 1.165) is 29.6 Å². The normalized spacial score (nSPS) is 11.4. The number of hydrogen-bond donors (Lipinski definition) is 0. The first-order valence-electron chi connectivity index (χ1n) is 5.53. The van der Waals surface area contributed by atoms with Gasteiger partial charge in [-0.15, -0.1) is 0 Å². The van der Waals surface area contributed by atoms with Gasteiger partial charge in [0.2, 0.25) is 0 Å². The van der Waals surface area contributed by atoms with Crippen LogP contribution < -0.4 is 0 Å². The van der Waals surface area contributed by atoms with Crippen LogP contribution in [0.5, 0.6) is 0 Å². The summed E-state index contributed by atoms with van der Waals surface area (Å²) in [6.45, 7) is 1.77. The molecule has 0 fully saturated rings. The van der Waals surface area contributed by atoms with Gasteiger partial charge in [0.1, 0.15) is 10.1 Å². The van der Waals surface area contributed by atoms with Gasteiger partial charge in [0, 0.05) is 18.0 Å². The van der Waals surface area contributed by atoms with Crippen molar-refractivity contribution >= 4 is 18.0 Å². The highest BCUT2D eigenvalue weighted by molar-refractivity contribution is 7.99. The third kappa shape index (κ3) is 3.36. The Hall–Kier alpha value is -1.89. The number of rotatable bonds is 3. The second kappa shape index (κ2) is 5.62. The van der Waals surface area contributed by atoms with Gasteiger partial charge in [0.25, 0.3) is 0 Å². The molecule has 0 unspecified atom stereocenters. The van der Waals surface area contributed by atoms with Crippen LogP contribution in [-0.4, -0.2) is 16.3 Å². The summed E-state index contributed by atoms with van der Waals surface area (Å²) >= 11 is 1.15. The molecule has 2 rings (SSSR count). The summed E-state index contributed by atoms with van der Waals surface area (Å²) in [4.78, 5) is 18.4. The fraction of sp³-hybridized carbons (Fsp3) is 0.154. The Morgan fingerprint density at radius 1 is 1.20 bits per heavy atom. The Labute approximate surface area is 117 Å². The highest BCUT2D eigenvalue weighted by atomic mass is 32.2. The predicted octanol–water partition coefficient (Wildman–Crippen LogP) is 3.77. The Balaban J connectivity index is 2.20. The minimum absolute atomic E-state index is 0.410. The summed E-state index contributed by atoms with van der Waals surface area (Å²) in [7, 11) is 0. The molecule has 0 saturated carbocycles. The van der Waals surface area contributed by atoms with Gasteiger partial charge in [-0.2, -0.15) is 13.2 Å². The lowest BCUT2D eigenvalue weighted by Crippen LogP contribution is -2.05. The molecule has 0 aliphatic rings. The van der Waals surface area contributed by atoms with Gasteiger partial charge in [-0.25, -0.2) is 9.97 Å². The van der Waals surface area contributed by atoms with E-state index in [1.165, 1.54) is 12.3 Å². The number of carbonyl (C=O) groups is 1. The second-order valence-electron chi connectivity index (χ2n) is 3.99. The van der Waals surface area contributed by atoms with E-state index in [1.807, 2.05) is 0 Å². The molecule has 0 radical (unpaired) electrons. The van der Waals surface area contributed by atoms with Crippen molar-refractivity contribution in [2.45, 2.75) is 23.2 Å². The van der Waals surface area contributed by atoms with E-state index in [-0.39, 0.29) is 0 Å². The van der Waals surface area contributed by atoms with Gasteiger partial charge >= 0.3 is 6.18 Å². The first kappa shape index (κ1) is 14.5. The van der Waals surface area contributed by atoms with Crippen molar-refractivity contribution in [1.82, 2.24) is 9.97 Å². The lowest BCUT2D eigenvalue weighted by Gasteiger charge is -2.07. The molecule has 0 saturated heterocycles. The quantitative estimate of drug-likeness (QED) is 0.809. The zero-order valence-electron chi connectivity index (χ0n) is 10.3. The van der Waals surface area contributed by atoms with Crippen LogP contribution in [0.4, 0.5) is 13.2 Å². The third-order valence-corrected chi connectivity index (χ3v) is 3.52. The zero-order valence-corrected chi connectivity index (χ0v) is 11.1. The second-order valence-corrected chi connectivity index (χ2v) is 5.00. The van der Waals surface area contributed by atoms with Crippen LogP contribution in [0.2, 0.25) is 0 Å². The maximum Gasteiger partial charge on any atom is 0.417 e. The van der Waals surface area contributed by atoms with Crippen molar-refractivity contribution in [3.05, 3.63) is 47.3 Å². The number of pyridine rings is 2. The molecule has 2 aromatic heterocycles. The fourth-order valence-electron chi connectivity index (χ4n) is 1.46. The molecule has 0 bridgehead atoms. The van der Waals surface area contributed by atoms with Crippen LogP contribution in [0.25, 0.3) is 0 Å². The van der Waals surface area contributed by atoms with Crippen LogP contribution in [-0.2, 0) is 6.18 Å². The minimum atomic E-state index is -4.39. The molecule has 104 valence electrons. The van der Waals surface area contributed by atoms with E-state index in [4.69, 9.17) is 0 Å². The largest absolute Gasteiger partial charge is 0.417 e. The number of hydrogen-bond acceptors (Lipinski definition) is 4. The summed E-state index contributed by atoms with van der Waals surface area (Å²) in [5.41, 5.74) is 0.427. The SMILES string of the molecule is Cc1cc(C=O)cnc1Sc1ccc(C(F)(F)F)cn1. The summed E-state index contributed by atoms with van der Waals surface area (Å²) < 4.78 is 37.2. The number of aldehydes is 1. The van der Waals surface area contributed by atoms with Gasteiger partial charge in [-0.05, 0) is 42.4 Å². The smallest absolute Gasteiger partial charge is 0.298 e. The Morgan fingerprint density at radius 3 is 2.45 bits per heavy atom. The standard InChI is InChI=1S/C13H9F3N2OS/c1-8-4-9(7-19)5-18-12(8)20-11-3-2-10(6-17-11)13(14,15)16/h2-7H,1H3. The lowest BCUT2D eigenvalue weighted by atomic mass is 10.2. The van der Waals surface area contributed by atoms with Crippen molar-refractivity contribution in [1.29, 1.82) is 0 Å². The monoisotopic (exact) mass is 298 g/mol. The molecule has 0 aliphatic carbocycles. The van der Waals surface area contributed by atoms with E-state index in [1.54, 1.807) is 13.0 Å². The lowest BCUT2D eigenvalue weighted by molar-refractivity contribution is -0.137. The predicted molar refractivity (Wildman–Crippen MR) is 67.7 cm³/mol. The average molecular weight is 298 g/mol. The number of alkyl halides is 3. The van der Waals surface area contributed by atoms with Crippen molar-refractivity contribution in [2.24, 2.45) is 0 Å². The van der Waals surface area contributed by atoms with Crippen molar-refractivity contribution < 1.29 is 18.0 Å². The van der Waals surface area contributed by atoms with Gasteiger partial charge in [-0.1, -0.05) is 0 Å². The van der Waals surface area contributed by atoms with E-state index in [0.29, 0.717) is 21.9 Å².